The van der Waals surface area contributed by atoms with Crippen LogP contribution in [0.3, 0.4) is 0 Å². The normalized spacial score (nSPS) is 14.2. The molecule has 0 atom stereocenters. The number of hydrogen-bond donors (Lipinski definition) is 2. The minimum Gasteiger partial charge on any atom is -0.399 e. The van der Waals surface area contributed by atoms with Gasteiger partial charge in [-0.2, -0.15) is 0 Å². The molecular formula is C13H15N5O. The number of fused-ring (bicyclic) bond motifs is 1. The van der Waals surface area contributed by atoms with Gasteiger partial charge in [0.2, 0.25) is 0 Å². The lowest BCUT2D eigenvalue weighted by Crippen LogP contribution is -2.38. The zero-order valence-corrected chi connectivity index (χ0v) is 10.4. The number of benzene rings is 1. The summed E-state index contributed by atoms with van der Waals surface area (Å²) in [5.41, 5.74) is 13.0. The van der Waals surface area contributed by atoms with Gasteiger partial charge in [-0.3, -0.25) is 4.79 Å². The van der Waals surface area contributed by atoms with Gasteiger partial charge in [0, 0.05) is 42.4 Å². The van der Waals surface area contributed by atoms with Gasteiger partial charge in [0.15, 0.2) is 0 Å². The number of nitrogen functional groups attached to an aromatic ring is 2. The van der Waals surface area contributed by atoms with E-state index in [4.69, 9.17) is 11.5 Å². The average Bonchev–Trinajstić information content (AvgIpc) is 2.83. The Kier molecular flexibility index (Phi) is 2.63. The first kappa shape index (κ1) is 11.6. The maximum Gasteiger partial charge on any atom is 0.254 e. The van der Waals surface area contributed by atoms with Crippen molar-refractivity contribution in [1.29, 1.82) is 0 Å². The van der Waals surface area contributed by atoms with E-state index < -0.39 is 0 Å². The lowest BCUT2D eigenvalue weighted by Gasteiger charge is -2.27. The monoisotopic (exact) mass is 257 g/mol. The first-order chi connectivity index (χ1) is 9.13. The number of nitrogens with zero attached hydrogens (tertiary/aromatic N) is 3. The molecule has 1 aromatic heterocycles. The Hall–Kier alpha value is -2.50. The second kappa shape index (κ2) is 4.31. The van der Waals surface area contributed by atoms with Gasteiger partial charge in [0.1, 0.15) is 5.82 Å². The lowest BCUT2D eigenvalue weighted by atomic mass is 10.1. The van der Waals surface area contributed by atoms with Crippen molar-refractivity contribution in [2.45, 2.75) is 13.1 Å². The van der Waals surface area contributed by atoms with Gasteiger partial charge in [-0.05, 0) is 18.2 Å². The molecule has 6 nitrogen and oxygen atoms in total. The number of rotatable bonds is 1. The molecule has 6 heteroatoms. The van der Waals surface area contributed by atoms with E-state index in [-0.39, 0.29) is 5.91 Å². The van der Waals surface area contributed by atoms with Gasteiger partial charge in [-0.1, -0.05) is 0 Å². The van der Waals surface area contributed by atoms with Crippen LogP contribution in [0.15, 0.2) is 30.6 Å². The Morgan fingerprint density at radius 3 is 2.63 bits per heavy atom. The van der Waals surface area contributed by atoms with Crippen LogP contribution in [-0.2, 0) is 13.1 Å². The van der Waals surface area contributed by atoms with Crippen molar-refractivity contribution in [2.24, 2.45) is 0 Å². The quantitative estimate of drug-likeness (QED) is 0.736. The van der Waals surface area contributed by atoms with Crippen LogP contribution >= 0.6 is 0 Å². The standard InChI is InChI=1S/C13H15N5O/c14-10-5-9(6-11(15)7-10)13(19)18-4-3-17-2-1-16-12(17)8-18/h1-2,5-7H,3-4,8,14-15H2. The average molecular weight is 257 g/mol. The van der Waals surface area contributed by atoms with E-state index in [1.54, 1.807) is 29.3 Å². The molecule has 3 rings (SSSR count). The van der Waals surface area contributed by atoms with Crippen LogP contribution in [0.5, 0.6) is 0 Å². The van der Waals surface area contributed by atoms with Crippen molar-refractivity contribution in [3.8, 4) is 0 Å². The van der Waals surface area contributed by atoms with E-state index >= 15 is 0 Å². The minimum atomic E-state index is -0.0618. The molecule has 98 valence electrons. The highest BCUT2D eigenvalue weighted by Gasteiger charge is 2.22. The van der Waals surface area contributed by atoms with Crippen LogP contribution in [0.2, 0.25) is 0 Å². The van der Waals surface area contributed by atoms with Crippen LogP contribution in [0.25, 0.3) is 0 Å². The van der Waals surface area contributed by atoms with E-state index in [1.807, 2.05) is 6.20 Å². The van der Waals surface area contributed by atoms with Gasteiger partial charge in [0.05, 0.1) is 6.54 Å². The molecule has 1 aliphatic rings. The van der Waals surface area contributed by atoms with E-state index in [0.717, 1.165) is 12.4 Å². The Labute approximate surface area is 110 Å². The smallest absolute Gasteiger partial charge is 0.254 e. The molecule has 2 heterocycles. The summed E-state index contributed by atoms with van der Waals surface area (Å²) in [7, 11) is 0. The number of aromatic nitrogens is 2. The summed E-state index contributed by atoms with van der Waals surface area (Å²) in [6.45, 7) is 1.94. The highest BCUT2D eigenvalue weighted by atomic mass is 16.2. The molecule has 1 aromatic carbocycles. The Bertz CT molecular complexity index is 613. The summed E-state index contributed by atoms with van der Waals surface area (Å²) < 4.78 is 2.05. The molecule has 0 saturated carbocycles. The summed E-state index contributed by atoms with van der Waals surface area (Å²) in [5, 5.41) is 0. The summed E-state index contributed by atoms with van der Waals surface area (Å²) in [5.74, 6) is 0.838. The van der Waals surface area contributed by atoms with Crippen molar-refractivity contribution in [1.82, 2.24) is 14.5 Å². The molecule has 0 fully saturated rings. The molecular weight excluding hydrogens is 242 g/mol. The predicted molar refractivity (Wildman–Crippen MR) is 72.2 cm³/mol. The fraction of sp³-hybridized carbons (Fsp3) is 0.231. The number of carbonyl (C=O) groups is 1. The number of imidazole rings is 1. The number of hydrogen-bond acceptors (Lipinski definition) is 4. The number of nitrogens with two attached hydrogens (primary N) is 2. The van der Waals surface area contributed by atoms with Crippen molar-refractivity contribution in [2.75, 3.05) is 18.0 Å². The Balaban J connectivity index is 1.85. The molecule has 0 radical (unpaired) electrons. The Morgan fingerprint density at radius 1 is 1.16 bits per heavy atom. The molecule has 1 amide bonds. The van der Waals surface area contributed by atoms with Gasteiger partial charge in [-0.15, -0.1) is 0 Å². The molecule has 4 N–H and O–H groups in total. The number of anilines is 2. The summed E-state index contributed by atoms with van der Waals surface area (Å²) >= 11 is 0. The molecule has 2 aromatic rings. The first-order valence-corrected chi connectivity index (χ1v) is 6.09. The first-order valence-electron chi connectivity index (χ1n) is 6.09. The van der Waals surface area contributed by atoms with Crippen molar-refractivity contribution < 1.29 is 4.79 Å². The number of amides is 1. The Morgan fingerprint density at radius 2 is 1.89 bits per heavy atom. The van der Waals surface area contributed by atoms with E-state index in [0.29, 0.717) is 30.0 Å². The summed E-state index contributed by atoms with van der Waals surface area (Å²) in [4.78, 5) is 18.4. The molecule has 1 aliphatic heterocycles. The summed E-state index contributed by atoms with van der Waals surface area (Å²) in [6, 6.07) is 4.94. The maximum absolute atomic E-state index is 12.4. The third-order valence-corrected chi connectivity index (χ3v) is 3.26. The fourth-order valence-corrected chi connectivity index (χ4v) is 2.33. The second-order valence-corrected chi connectivity index (χ2v) is 4.65. The topological polar surface area (TPSA) is 90.2 Å². The van der Waals surface area contributed by atoms with E-state index in [9.17, 15) is 4.79 Å². The van der Waals surface area contributed by atoms with Crippen LogP contribution in [0.4, 0.5) is 11.4 Å². The highest BCUT2D eigenvalue weighted by Crippen LogP contribution is 2.18. The van der Waals surface area contributed by atoms with Crippen molar-refractivity contribution in [3.05, 3.63) is 42.0 Å². The molecule has 0 aliphatic carbocycles. The molecule has 0 spiro atoms. The predicted octanol–water partition coefficient (Wildman–Crippen LogP) is 0.703. The van der Waals surface area contributed by atoms with Crippen LogP contribution < -0.4 is 11.5 Å². The zero-order chi connectivity index (χ0) is 13.4. The van der Waals surface area contributed by atoms with Gasteiger partial charge >= 0.3 is 0 Å². The fourth-order valence-electron chi connectivity index (χ4n) is 2.33. The second-order valence-electron chi connectivity index (χ2n) is 4.65. The molecule has 0 bridgehead atoms. The van der Waals surface area contributed by atoms with Crippen LogP contribution in [0.1, 0.15) is 16.2 Å². The van der Waals surface area contributed by atoms with E-state index in [1.165, 1.54) is 0 Å². The van der Waals surface area contributed by atoms with E-state index in [2.05, 4.69) is 9.55 Å². The van der Waals surface area contributed by atoms with Crippen LogP contribution in [0, 0.1) is 0 Å². The molecule has 0 saturated heterocycles. The third kappa shape index (κ3) is 2.12. The zero-order valence-electron chi connectivity index (χ0n) is 10.4. The maximum atomic E-state index is 12.4. The molecule has 19 heavy (non-hydrogen) atoms. The highest BCUT2D eigenvalue weighted by molar-refractivity contribution is 5.96. The lowest BCUT2D eigenvalue weighted by molar-refractivity contribution is 0.0707. The SMILES string of the molecule is Nc1cc(N)cc(C(=O)N2CCn3ccnc3C2)c1. The summed E-state index contributed by atoms with van der Waals surface area (Å²) in [6.07, 6.45) is 3.68. The number of carbonyl (C=O) groups excluding carboxylic acids is 1. The minimum absolute atomic E-state index is 0.0618. The largest absolute Gasteiger partial charge is 0.399 e. The third-order valence-electron chi connectivity index (χ3n) is 3.26. The van der Waals surface area contributed by atoms with Crippen molar-refractivity contribution in [3.63, 3.8) is 0 Å². The molecule has 0 unspecified atom stereocenters. The van der Waals surface area contributed by atoms with Crippen molar-refractivity contribution >= 4 is 17.3 Å². The van der Waals surface area contributed by atoms with Gasteiger partial charge < -0.3 is 20.9 Å². The van der Waals surface area contributed by atoms with Gasteiger partial charge in [0.25, 0.3) is 5.91 Å². The van der Waals surface area contributed by atoms with Crippen LogP contribution in [-0.4, -0.2) is 26.9 Å². The van der Waals surface area contributed by atoms with Gasteiger partial charge in [-0.25, -0.2) is 4.98 Å².